The van der Waals surface area contributed by atoms with Crippen molar-refractivity contribution in [3.8, 4) is 22.5 Å². The molecule has 0 aliphatic carbocycles. The summed E-state index contributed by atoms with van der Waals surface area (Å²) in [5.41, 5.74) is 8.53. The van der Waals surface area contributed by atoms with Crippen molar-refractivity contribution in [2.45, 2.75) is 124 Å². The number of hydrogen-bond donors (Lipinski definition) is 2. The van der Waals surface area contributed by atoms with Crippen molar-refractivity contribution in [1.29, 1.82) is 0 Å². The molecule has 4 aromatic rings. The van der Waals surface area contributed by atoms with Gasteiger partial charge in [-0.1, -0.05) is 33.8 Å². The molecule has 6 bridgehead atoms. The first kappa shape index (κ1) is 50.6. The predicted molar refractivity (Wildman–Crippen MR) is 263 cm³/mol. The number of fused-ring (bicyclic) bond motifs is 6. The molecule has 2 saturated heterocycles. The van der Waals surface area contributed by atoms with Crippen LogP contribution in [0.25, 0.3) is 33.4 Å². The topological polar surface area (TPSA) is 172 Å². The lowest BCUT2D eigenvalue weighted by molar-refractivity contribution is -0.155. The first-order valence-electron chi connectivity index (χ1n) is 24.0. The molecule has 2 N–H and O–H groups in total. The Morgan fingerprint density at radius 2 is 1.84 bits per heavy atom. The van der Waals surface area contributed by atoms with Crippen LogP contribution in [0.5, 0.6) is 0 Å². The summed E-state index contributed by atoms with van der Waals surface area (Å²) in [5.74, 6) is -2.43. The van der Waals surface area contributed by atoms with Crippen LogP contribution in [0.2, 0.25) is 0 Å². The molecular weight excluding hydrogens is 883 g/mol. The van der Waals surface area contributed by atoms with Crippen LogP contribution in [0.1, 0.15) is 97.0 Å². The van der Waals surface area contributed by atoms with Crippen LogP contribution in [0.3, 0.4) is 0 Å². The number of rotatable bonds is 11. The molecule has 7 rings (SSSR count). The van der Waals surface area contributed by atoms with Crippen molar-refractivity contribution < 1.29 is 33.4 Å². The Hall–Kier alpha value is -5.23. The number of hydrogen-bond acceptors (Lipinski definition) is 12. The molecule has 3 aromatic heterocycles. The van der Waals surface area contributed by atoms with Gasteiger partial charge in [0, 0.05) is 85.8 Å². The average molecular weight is 954 g/mol. The number of likely N-dealkylation sites (tertiary alicyclic amines) is 1. The molecule has 68 heavy (non-hydrogen) atoms. The monoisotopic (exact) mass is 954 g/mol. The molecule has 2 fully saturated rings. The van der Waals surface area contributed by atoms with E-state index in [9.17, 15) is 24.0 Å². The van der Waals surface area contributed by atoms with E-state index in [1.807, 2.05) is 65.1 Å². The number of benzene rings is 1. The molecule has 0 radical (unpaired) electrons. The number of carbonyl (C=O) groups is 5. The molecule has 16 nitrogen and oxygen atoms in total. The number of ether oxygens (including phenoxy) is 2. The third kappa shape index (κ3) is 10.2. The van der Waals surface area contributed by atoms with Crippen LogP contribution in [0.15, 0.2) is 41.9 Å². The lowest BCUT2D eigenvalue weighted by Crippen LogP contribution is -2.62. The standard InChI is InChI=1S/C51H71N9O7S/c1-13-59-40-19-18-32-24-35(40)36(44(59)34-16-14-21-52-42(34)31(4)66-12)26-50(5,6)29-67-48(64)37-17-15-22-60(55-37)47(63)38(25-41-53-39(32)28-68-41)54-45(61)43(30(2)3)57(11)46(62)33-20-23-58(27-33)49(65)51(7,8)56(9)10/h14,16,18-19,21,24,28,30-31,33,37-38,43,55H,13,15,17,20,22-23,25-27,29H2,1-12H3,(H,54,61)/t31-,33-,37-,38-,43-/m0/s1. The Balaban J connectivity index is 1.24. The Morgan fingerprint density at radius 3 is 2.53 bits per heavy atom. The summed E-state index contributed by atoms with van der Waals surface area (Å²) in [4.78, 5) is 85.8. The number of nitrogens with zero attached hydrogens (tertiary/aromatic N) is 7. The summed E-state index contributed by atoms with van der Waals surface area (Å²) in [6.07, 6.45) is 3.67. The first-order valence-corrected chi connectivity index (χ1v) is 24.9. The zero-order chi connectivity index (χ0) is 49.4. The number of aromatic nitrogens is 3. The summed E-state index contributed by atoms with van der Waals surface area (Å²) < 4.78 is 14.3. The second-order valence-electron chi connectivity index (χ2n) is 20.6. The van der Waals surface area contributed by atoms with Crippen molar-refractivity contribution in [3.05, 3.63) is 58.2 Å². The highest BCUT2D eigenvalue weighted by atomic mass is 32.1. The Morgan fingerprint density at radius 1 is 1.09 bits per heavy atom. The largest absolute Gasteiger partial charge is 0.464 e. The second-order valence-corrected chi connectivity index (χ2v) is 21.5. The van der Waals surface area contributed by atoms with Crippen LogP contribution in [-0.4, -0.2) is 142 Å². The Kier molecular flexibility index (Phi) is 15.2. The van der Waals surface area contributed by atoms with Crippen molar-refractivity contribution in [2.24, 2.45) is 17.3 Å². The number of esters is 1. The number of hydrazine groups is 1. The van der Waals surface area contributed by atoms with Crippen molar-refractivity contribution in [2.75, 3.05) is 54.5 Å². The van der Waals surface area contributed by atoms with E-state index in [-0.39, 0.29) is 43.4 Å². The fourth-order valence-corrected chi connectivity index (χ4v) is 10.7. The summed E-state index contributed by atoms with van der Waals surface area (Å²) in [6.45, 7) is 17.6. The molecule has 0 unspecified atom stereocenters. The van der Waals surface area contributed by atoms with Crippen LogP contribution in [0, 0.1) is 17.3 Å². The number of thiazole rings is 1. The third-order valence-corrected chi connectivity index (χ3v) is 15.2. The summed E-state index contributed by atoms with van der Waals surface area (Å²) in [5, 5.41) is 8.14. The smallest absolute Gasteiger partial charge is 0.324 e. The minimum absolute atomic E-state index is 0.0541. The number of cyclic esters (lactones) is 1. The van der Waals surface area contributed by atoms with Gasteiger partial charge in [-0.05, 0) is 103 Å². The molecule has 368 valence electrons. The lowest BCUT2D eigenvalue weighted by Gasteiger charge is -2.37. The minimum Gasteiger partial charge on any atom is -0.464 e. The quantitative estimate of drug-likeness (QED) is 0.172. The van der Waals surface area contributed by atoms with Crippen molar-refractivity contribution in [1.82, 2.24) is 45.0 Å². The number of likely N-dealkylation sites (N-methyl/N-ethyl adjacent to an activating group) is 2. The zero-order valence-electron chi connectivity index (χ0n) is 42.0. The van der Waals surface area contributed by atoms with E-state index in [2.05, 4.69) is 60.3 Å². The highest BCUT2D eigenvalue weighted by Gasteiger charge is 2.43. The van der Waals surface area contributed by atoms with Crippen LogP contribution in [0.4, 0.5) is 0 Å². The van der Waals surface area contributed by atoms with E-state index >= 15 is 0 Å². The molecule has 1 aromatic carbocycles. The Labute approximate surface area is 405 Å². The summed E-state index contributed by atoms with van der Waals surface area (Å²) >= 11 is 1.41. The van der Waals surface area contributed by atoms with E-state index < -0.39 is 52.8 Å². The molecule has 4 amide bonds. The van der Waals surface area contributed by atoms with Gasteiger partial charge in [0.25, 0.3) is 5.91 Å². The van der Waals surface area contributed by atoms with Gasteiger partial charge < -0.3 is 29.2 Å². The fraction of sp³-hybridized carbons (Fsp3) is 0.588. The minimum atomic E-state index is -1.09. The second kappa shape index (κ2) is 20.4. The maximum absolute atomic E-state index is 14.7. The highest BCUT2D eigenvalue weighted by Crippen LogP contribution is 2.42. The number of aryl methyl sites for hydroxylation is 1. The maximum atomic E-state index is 14.7. The van der Waals surface area contributed by atoms with Gasteiger partial charge in [-0.25, -0.2) is 10.4 Å². The van der Waals surface area contributed by atoms with Crippen LogP contribution >= 0.6 is 11.3 Å². The van der Waals surface area contributed by atoms with Crippen LogP contribution < -0.4 is 10.7 Å². The number of methoxy groups -OCH3 is 1. The average Bonchev–Trinajstić information content (AvgIpc) is 4.07. The molecule has 3 aliphatic heterocycles. The summed E-state index contributed by atoms with van der Waals surface area (Å²) in [6, 6.07) is 7.63. The van der Waals surface area contributed by atoms with Gasteiger partial charge in [0.15, 0.2) is 0 Å². The van der Waals surface area contributed by atoms with Gasteiger partial charge in [0.05, 0.1) is 46.3 Å². The molecule has 17 heteroatoms. The molecular formula is C51H71N9O7S. The van der Waals surface area contributed by atoms with Gasteiger partial charge in [-0.15, -0.1) is 11.3 Å². The van der Waals surface area contributed by atoms with Gasteiger partial charge in [0.2, 0.25) is 17.7 Å². The number of amides is 4. The van der Waals surface area contributed by atoms with Gasteiger partial charge in [-0.2, -0.15) is 0 Å². The summed E-state index contributed by atoms with van der Waals surface area (Å²) in [7, 11) is 7.02. The number of carbonyl (C=O) groups excluding carboxylic acids is 5. The highest BCUT2D eigenvalue weighted by molar-refractivity contribution is 7.10. The normalized spacial score (nSPS) is 21.2. The van der Waals surface area contributed by atoms with Gasteiger partial charge >= 0.3 is 5.97 Å². The SMILES string of the molecule is CCn1c(-c2cccnc2[C@H](C)OC)c2c3cc(ccc31)-c1csc(n1)C[C@H](NC(=O)[C@H](C(C)C)N(C)C(=O)[C@H]1CCN(C(=O)C(C)(C)N(C)C)C1)C(=O)N1CCC[C@H](N1)C(=O)OCC(C)(C)C2. The van der Waals surface area contributed by atoms with Gasteiger partial charge in [-0.3, -0.25) is 38.9 Å². The van der Waals surface area contributed by atoms with Gasteiger partial charge in [0.1, 0.15) is 18.1 Å². The van der Waals surface area contributed by atoms with E-state index in [0.717, 1.165) is 44.7 Å². The molecule has 0 spiro atoms. The van der Waals surface area contributed by atoms with E-state index in [1.54, 1.807) is 25.3 Å². The number of nitrogens with one attached hydrogen (secondary N) is 2. The van der Waals surface area contributed by atoms with E-state index in [4.69, 9.17) is 19.4 Å². The lowest BCUT2D eigenvalue weighted by atomic mass is 9.84. The first-order chi connectivity index (χ1) is 32.2. The third-order valence-electron chi connectivity index (χ3n) is 14.3. The molecule has 3 aliphatic rings. The molecule has 6 heterocycles. The molecule has 0 saturated carbocycles. The number of pyridine rings is 1. The zero-order valence-corrected chi connectivity index (χ0v) is 42.8. The van der Waals surface area contributed by atoms with E-state index in [1.165, 1.54) is 21.2 Å². The fourth-order valence-electron chi connectivity index (χ4n) is 9.90. The maximum Gasteiger partial charge on any atom is 0.324 e. The Bertz CT molecular complexity index is 2530. The van der Waals surface area contributed by atoms with Crippen molar-refractivity contribution >= 4 is 51.8 Å². The van der Waals surface area contributed by atoms with E-state index in [0.29, 0.717) is 50.3 Å². The van der Waals surface area contributed by atoms with Crippen LogP contribution in [-0.2, 0) is 52.8 Å². The molecule has 5 atom stereocenters. The predicted octanol–water partition coefficient (Wildman–Crippen LogP) is 5.87. The van der Waals surface area contributed by atoms with Crippen molar-refractivity contribution in [3.63, 3.8) is 0 Å².